The van der Waals surface area contributed by atoms with Gasteiger partial charge in [0.2, 0.25) is 0 Å². The van der Waals surface area contributed by atoms with Crippen LogP contribution in [0, 0.1) is 23.7 Å². The lowest BCUT2D eigenvalue weighted by atomic mass is 10.00. The predicted molar refractivity (Wildman–Crippen MR) is 395 cm³/mol. The van der Waals surface area contributed by atoms with E-state index in [-0.39, 0.29) is 25.7 Å². The summed E-state index contributed by atoms with van der Waals surface area (Å²) in [4.78, 5) is 72.9. The fraction of sp³-hybridized carbons (Fsp3) is 0.949. The van der Waals surface area contributed by atoms with Crippen molar-refractivity contribution < 1.29 is 80.2 Å². The number of phosphoric acid groups is 2. The molecule has 3 unspecified atom stereocenters. The van der Waals surface area contributed by atoms with Crippen LogP contribution in [0.3, 0.4) is 0 Å². The Kier molecular flexibility index (Phi) is 65.9. The number of aliphatic hydroxyl groups excluding tert-OH is 1. The minimum Gasteiger partial charge on any atom is -0.462 e. The Labute approximate surface area is 594 Å². The van der Waals surface area contributed by atoms with Gasteiger partial charge in [-0.05, 0) is 49.4 Å². The van der Waals surface area contributed by atoms with Crippen molar-refractivity contribution >= 4 is 39.5 Å². The van der Waals surface area contributed by atoms with Gasteiger partial charge in [-0.2, -0.15) is 0 Å². The molecule has 0 fully saturated rings. The van der Waals surface area contributed by atoms with Gasteiger partial charge < -0.3 is 33.8 Å². The van der Waals surface area contributed by atoms with Gasteiger partial charge in [-0.1, -0.05) is 344 Å². The molecule has 0 aromatic heterocycles. The molecular weight excluding hydrogens is 1270 g/mol. The Balaban J connectivity index is 5.23. The van der Waals surface area contributed by atoms with Gasteiger partial charge >= 0.3 is 39.5 Å². The van der Waals surface area contributed by atoms with Gasteiger partial charge in [0.15, 0.2) is 12.2 Å². The Bertz CT molecular complexity index is 1900. The summed E-state index contributed by atoms with van der Waals surface area (Å²) in [5.41, 5.74) is 0. The molecular formula is C78H152O17P2. The molecule has 0 spiro atoms. The second kappa shape index (κ2) is 67.2. The topological polar surface area (TPSA) is 237 Å². The van der Waals surface area contributed by atoms with Gasteiger partial charge in [0.1, 0.15) is 19.3 Å². The predicted octanol–water partition coefficient (Wildman–Crippen LogP) is 22.8. The average Bonchev–Trinajstić information content (AvgIpc) is 1.18. The number of phosphoric ester groups is 2. The van der Waals surface area contributed by atoms with Crippen molar-refractivity contribution in [2.45, 2.75) is 414 Å². The number of carbonyl (C=O) groups is 4. The first-order chi connectivity index (χ1) is 46.6. The van der Waals surface area contributed by atoms with Crippen LogP contribution in [0.5, 0.6) is 0 Å². The van der Waals surface area contributed by atoms with Crippen LogP contribution in [0.15, 0.2) is 0 Å². The van der Waals surface area contributed by atoms with E-state index in [1.807, 2.05) is 0 Å². The van der Waals surface area contributed by atoms with Crippen LogP contribution < -0.4 is 0 Å². The number of unbranched alkanes of at least 4 members (excludes halogenated alkanes) is 40. The highest BCUT2D eigenvalue weighted by Crippen LogP contribution is 2.45. The standard InChI is InChI=1S/C78H152O17P2/c1-9-71(8)57-49-41-36-37-43-51-59-76(81)89-65-74(95-77(82)60-52-44-34-28-21-15-13-11-10-12-14-18-24-30-38-46-54-68(2)3)67-93-97(86,87)91-63-72(79)62-90-96(84,85)92-66-73(94-78(83)61-53-45-35-29-23-17-20-26-32-40-48-56-70(6)7)64-88-75(80)58-50-42-33-27-22-16-19-25-31-39-47-55-69(4)5/h68-74,79H,9-67H2,1-8H3,(H,84,85)(H,86,87)/t71?,72-,73-,74-/m1/s1. The molecule has 0 bridgehead atoms. The third-order valence-electron chi connectivity index (χ3n) is 18.4. The average molecular weight is 1420 g/mol. The minimum atomic E-state index is -4.96. The lowest BCUT2D eigenvalue weighted by Gasteiger charge is -2.21. The first kappa shape index (κ1) is 95.1. The molecule has 0 aliphatic carbocycles. The molecule has 0 amide bonds. The Hall–Kier alpha value is -1.94. The summed E-state index contributed by atoms with van der Waals surface area (Å²) >= 11 is 0. The Morgan fingerprint density at radius 1 is 0.289 bits per heavy atom. The highest BCUT2D eigenvalue weighted by Gasteiger charge is 2.30. The zero-order chi connectivity index (χ0) is 71.7. The lowest BCUT2D eigenvalue weighted by molar-refractivity contribution is -0.161. The number of ether oxygens (including phenoxy) is 4. The molecule has 17 nitrogen and oxygen atoms in total. The monoisotopic (exact) mass is 1420 g/mol. The van der Waals surface area contributed by atoms with E-state index in [4.69, 9.17) is 37.0 Å². The molecule has 0 aliphatic heterocycles. The molecule has 0 aliphatic rings. The molecule has 0 aromatic rings. The normalized spacial score (nSPS) is 14.4. The summed E-state index contributed by atoms with van der Waals surface area (Å²) in [5, 5.41) is 10.6. The fourth-order valence-electron chi connectivity index (χ4n) is 11.9. The number of aliphatic hydroxyl groups is 1. The zero-order valence-corrected chi connectivity index (χ0v) is 65.5. The second-order valence-corrected chi connectivity index (χ2v) is 32.7. The van der Waals surface area contributed by atoms with E-state index in [2.05, 4.69) is 55.4 Å². The van der Waals surface area contributed by atoms with Gasteiger partial charge in [-0.25, -0.2) is 9.13 Å². The summed E-state index contributed by atoms with van der Waals surface area (Å²) < 4.78 is 68.6. The summed E-state index contributed by atoms with van der Waals surface area (Å²) in [6.07, 6.45) is 52.7. The van der Waals surface area contributed by atoms with Crippen LogP contribution >= 0.6 is 15.6 Å². The van der Waals surface area contributed by atoms with Crippen molar-refractivity contribution in [2.75, 3.05) is 39.6 Å². The third kappa shape index (κ3) is 70.9. The summed E-state index contributed by atoms with van der Waals surface area (Å²) in [6, 6.07) is 0. The third-order valence-corrected chi connectivity index (χ3v) is 20.3. The maximum Gasteiger partial charge on any atom is 0.472 e. The van der Waals surface area contributed by atoms with Gasteiger partial charge in [0.05, 0.1) is 26.4 Å². The van der Waals surface area contributed by atoms with E-state index in [0.29, 0.717) is 25.7 Å². The maximum absolute atomic E-state index is 13.1. The van der Waals surface area contributed by atoms with Crippen molar-refractivity contribution in [2.24, 2.45) is 23.7 Å². The number of hydrogen-bond acceptors (Lipinski definition) is 15. The molecule has 0 radical (unpaired) electrons. The quantitative estimate of drug-likeness (QED) is 0.0222. The van der Waals surface area contributed by atoms with E-state index in [1.54, 1.807) is 0 Å². The highest BCUT2D eigenvalue weighted by molar-refractivity contribution is 7.47. The van der Waals surface area contributed by atoms with Crippen LogP contribution in [0.4, 0.5) is 0 Å². The molecule has 0 aromatic carbocycles. The van der Waals surface area contributed by atoms with E-state index in [1.165, 1.54) is 193 Å². The molecule has 576 valence electrons. The van der Waals surface area contributed by atoms with Gasteiger partial charge in [0, 0.05) is 25.7 Å². The maximum atomic E-state index is 13.1. The smallest absolute Gasteiger partial charge is 0.462 e. The number of carbonyl (C=O) groups excluding carboxylic acids is 4. The molecule has 0 saturated heterocycles. The van der Waals surface area contributed by atoms with Crippen LogP contribution in [0.1, 0.15) is 396 Å². The molecule has 97 heavy (non-hydrogen) atoms. The van der Waals surface area contributed by atoms with Crippen molar-refractivity contribution in [1.82, 2.24) is 0 Å². The van der Waals surface area contributed by atoms with Crippen molar-refractivity contribution in [3.63, 3.8) is 0 Å². The minimum absolute atomic E-state index is 0.106. The second-order valence-electron chi connectivity index (χ2n) is 29.8. The van der Waals surface area contributed by atoms with Crippen LogP contribution in [-0.4, -0.2) is 96.7 Å². The van der Waals surface area contributed by atoms with Gasteiger partial charge in [-0.3, -0.25) is 37.3 Å². The Morgan fingerprint density at radius 3 is 0.732 bits per heavy atom. The summed E-state index contributed by atoms with van der Waals surface area (Å²) in [7, 11) is -9.92. The van der Waals surface area contributed by atoms with Crippen LogP contribution in [-0.2, 0) is 65.4 Å². The van der Waals surface area contributed by atoms with Gasteiger partial charge in [-0.15, -0.1) is 0 Å². The van der Waals surface area contributed by atoms with E-state index in [0.717, 1.165) is 120 Å². The fourth-order valence-corrected chi connectivity index (χ4v) is 13.5. The van der Waals surface area contributed by atoms with E-state index < -0.39 is 97.5 Å². The number of esters is 4. The van der Waals surface area contributed by atoms with E-state index in [9.17, 15) is 43.2 Å². The lowest BCUT2D eigenvalue weighted by Crippen LogP contribution is -2.30. The molecule has 3 N–H and O–H groups in total. The molecule has 0 saturated carbocycles. The molecule has 19 heteroatoms. The van der Waals surface area contributed by atoms with Crippen molar-refractivity contribution in [3.8, 4) is 0 Å². The molecule has 6 atom stereocenters. The van der Waals surface area contributed by atoms with Crippen LogP contribution in [0.25, 0.3) is 0 Å². The van der Waals surface area contributed by atoms with Crippen LogP contribution in [0.2, 0.25) is 0 Å². The SMILES string of the molecule is CCC(C)CCCCCCCCC(=O)OC[C@H](COP(=O)(O)OC[C@H](O)COP(=O)(O)OC[C@@H](COC(=O)CCCCCCCCCCCCCC(C)C)OC(=O)CCCCCCCCCCCCCC(C)C)OC(=O)CCCCCCCCCCCCCCCCCCC(C)C. The highest BCUT2D eigenvalue weighted by atomic mass is 31.2. The summed E-state index contributed by atoms with van der Waals surface area (Å²) in [5.74, 6) is 0.958. The molecule has 0 heterocycles. The number of rotatable bonds is 75. The zero-order valence-electron chi connectivity index (χ0n) is 63.7. The molecule has 0 rings (SSSR count). The van der Waals surface area contributed by atoms with Gasteiger partial charge in [0.25, 0.3) is 0 Å². The Morgan fingerprint density at radius 2 is 0.495 bits per heavy atom. The van der Waals surface area contributed by atoms with Crippen molar-refractivity contribution in [3.05, 3.63) is 0 Å². The largest absolute Gasteiger partial charge is 0.472 e. The first-order valence-corrected chi connectivity index (χ1v) is 43.2. The first-order valence-electron chi connectivity index (χ1n) is 40.2. The number of hydrogen-bond donors (Lipinski definition) is 3. The van der Waals surface area contributed by atoms with E-state index >= 15 is 0 Å². The van der Waals surface area contributed by atoms with Crippen molar-refractivity contribution in [1.29, 1.82) is 0 Å². The summed E-state index contributed by atoms with van der Waals surface area (Å²) in [6.45, 7) is 14.2.